The standard InChI is InChI=1S/C48H54BrF2N5O13/c1-30-6-7-32(27-39(30)55-31(2)26-40(43(49)48(55)62)69-29-33-8-9-34(50)28-36(33)51)44(58)53-13-15-64-17-19-66-21-23-68-25-24-67-22-20-65-18-16-63-14-12-52-37-5-3-4-35-42(37)47(61)56(46(35)60)38-10-11-41(57)54-45(38)59/h3-9,26-28,38,52H,10-25,29H2,1-2H3,(H,53,58)(H,54,57,59). The molecule has 0 bridgehead atoms. The molecule has 0 spiro atoms. The van der Waals surface area contributed by atoms with Gasteiger partial charge in [-0.3, -0.25) is 43.6 Å². The van der Waals surface area contributed by atoms with Crippen LogP contribution in [-0.4, -0.2) is 137 Å². The second-order valence-electron chi connectivity index (χ2n) is 15.7. The van der Waals surface area contributed by atoms with E-state index in [4.69, 9.17) is 33.2 Å². The molecule has 6 rings (SSSR count). The number of ether oxygens (including phenoxy) is 7. The van der Waals surface area contributed by atoms with Crippen LogP contribution in [0.4, 0.5) is 14.5 Å². The van der Waals surface area contributed by atoms with Gasteiger partial charge < -0.3 is 43.8 Å². The third kappa shape index (κ3) is 14.3. The van der Waals surface area contributed by atoms with Crippen molar-refractivity contribution in [1.82, 2.24) is 20.1 Å². The average Bonchev–Trinajstić information content (AvgIpc) is 3.58. The predicted octanol–water partition coefficient (Wildman–Crippen LogP) is 4.42. The van der Waals surface area contributed by atoms with Crippen LogP contribution in [0.1, 0.15) is 60.7 Å². The molecule has 2 aliphatic rings. The van der Waals surface area contributed by atoms with E-state index in [-0.39, 0.29) is 65.4 Å². The minimum Gasteiger partial charge on any atom is -0.487 e. The number of aryl methyl sites for hydroxylation is 2. The van der Waals surface area contributed by atoms with Crippen LogP contribution in [0, 0.1) is 25.5 Å². The highest BCUT2D eigenvalue weighted by Crippen LogP contribution is 2.32. The highest BCUT2D eigenvalue weighted by Gasteiger charge is 2.45. The molecule has 0 radical (unpaired) electrons. The fraction of sp³-hybridized carbons (Fsp3) is 0.417. The Kier molecular flexibility index (Phi) is 19.9. The quantitative estimate of drug-likeness (QED) is 0.0532. The van der Waals surface area contributed by atoms with Crippen molar-refractivity contribution < 1.29 is 65.9 Å². The normalized spacial score (nSPS) is 14.6. The number of imide groups is 2. The van der Waals surface area contributed by atoms with Crippen molar-refractivity contribution >= 4 is 51.2 Å². The fourth-order valence-corrected chi connectivity index (χ4v) is 7.74. The summed E-state index contributed by atoms with van der Waals surface area (Å²) in [6, 6.07) is 13.7. The SMILES string of the molecule is Cc1ccc(C(=O)NCCOCCOCCOCCOCCOCCOCCNc2cccc3c2C(=O)N(C2CCC(=O)NC2=O)C3=O)cc1-n1c(C)cc(OCc2ccc(F)cc2F)c(Br)c1=O. The van der Waals surface area contributed by atoms with Crippen LogP contribution >= 0.6 is 15.9 Å². The first-order chi connectivity index (χ1) is 33.3. The number of hydrogen-bond acceptors (Lipinski definition) is 14. The molecular weight excluding hydrogens is 972 g/mol. The lowest BCUT2D eigenvalue weighted by molar-refractivity contribution is -0.136. The van der Waals surface area contributed by atoms with E-state index in [2.05, 4.69) is 31.9 Å². The molecule has 21 heteroatoms. The topological polar surface area (TPSA) is 211 Å². The third-order valence-electron chi connectivity index (χ3n) is 10.8. The monoisotopic (exact) mass is 1030 g/mol. The maximum atomic E-state index is 14.1. The van der Waals surface area contributed by atoms with Gasteiger partial charge >= 0.3 is 0 Å². The van der Waals surface area contributed by atoms with E-state index in [1.807, 2.05) is 6.92 Å². The molecule has 2 aliphatic heterocycles. The van der Waals surface area contributed by atoms with E-state index in [9.17, 15) is 37.5 Å². The zero-order valence-electron chi connectivity index (χ0n) is 38.2. The van der Waals surface area contributed by atoms with E-state index in [0.717, 1.165) is 22.6 Å². The Morgan fingerprint density at radius 1 is 0.754 bits per heavy atom. The first-order valence-electron chi connectivity index (χ1n) is 22.3. The minimum absolute atomic E-state index is 0.0487. The molecule has 3 N–H and O–H groups in total. The van der Waals surface area contributed by atoms with Gasteiger partial charge in [0, 0.05) is 54.2 Å². The molecule has 1 aromatic heterocycles. The van der Waals surface area contributed by atoms with Crippen LogP contribution in [0.25, 0.3) is 5.69 Å². The van der Waals surface area contributed by atoms with Gasteiger partial charge in [0.25, 0.3) is 23.3 Å². The summed E-state index contributed by atoms with van der Waals surface area (Å²) in [7, 11) is 0. The van der Waals surface area contributed by atoms with E-state index in [0.29, 0.717) is 102 Å². The molecule has 5 amide bonds. The zero-order chi connectivity index (χ0) is 49.3. The number of fused-ring (bicyclic) bond motifs is 1. The smallest absolute Gasteiger partial charge is 0.273 e. The molecular formula is C48H54BrF2N5O13. The second kappa shape index (κ2) is 26.2. The number of benzene rings is 3. The molecule has 1 fully saturated rings. The van der Waals surface area contributed by atoms with Gasteiger partial charge in [-0.25, -0.2) is 8.78 Å². The number of amides is 5. The lowest BCUT2D eigenvalue weighted by Crippen LogP contribution is -2.54. The number of rotatable bonds is 28. The zero-order valence-corrected chi connectivity index (χ0v) is 39.8. The number of carbonyl (C=O) groups excluding carboxylic acids is 5. The number of pyridine rings is 1. The second-order valence-corrected chi connectivity index (χ2v) is 16.5. The lowest BCUT2D eigenvalue weighted by Gasteiger charge is -2.27. The summed E-state index contributed by atoms with van der Waals surface area (Å²) in [5.74, 6) is -3.85. The molecule has 69 heavy (non-hydrogen) atoms. The van der Waals surface area contributed by atoms with E-state index in [1.165, 1.54) is 16.7 Å². The molecule has 1 unspecified atom stereocenters. The Bertz CT molecular complexity index is 2540. The van der Waals surface area contributed by atoms with E-state index < -0.39 is 46.9 Å². The summed E-state index contributed by atoms with van der Waals surface area (Å²) in [6.07, 6.45) is 0.134. The van der Waals surface area contributed by atoms with Crippen LogP contribution in [0.15, 0.2) is 69.9 Å². The number of nitrogens with one attached hydrogen (secondary N) is 3. The third-order valence-corrected chi connectivity index (χ3v) is 11.6. The van der Waals surface area contributed by atoms with E-state index >= 15 is 0 Å². The van der Waals surface area contributed by atoms with Crippen molar-refractivity contribution in [2.75, 3.05) is 97.7 Å². The summed E-state index contributed by atoms with van der Waals surface area (Å²) >= 11 is 3.30. The van der Waals surface area contributed by atoms with Crippen LogP contribution in [0.2, 0.25) is 0 Å². The Morgan fingerprint density at radius 2 is 1.38 bits per heavy atom. The van der Waals surface area contributed by atoms with Crippen LogP contribution < -0.4 is 26.2 Å². The fourth-order valence-electron chi connectivity index (χ4n) is 7.33. The molecule has 3 heterocycles. The Morgan fingerprint density at radius 3 is 2.00 bits per heavy atom. The average molecular weight is 1030 g/mol. The molecule has 0 aliphatic carbocycles. The number of nitrogens with zero attached hydrogens (tertiary/aromatic N) is 2. The number of anilines is 1. The van der Waals surface area contributed by atoms with E-state index in [1.54, 1.807) is 43.3 Å². The van der Waals surface area contributed by atoms with Crippen molar-refractivity contribution in [2.24, 2.45) is 0 Å². The van der Waals surface area contributed by atoms with Gasteiger partial charge in [-0.15, -0.1) is 0 Å². The van der Waals surface area contributed by atoms with Crippen LogP contribution in [-0.2, 0) is 44.6 Å². The maximum Gasteiger partial charge on any atom is 0.273 e. The minimum atomic E-state index is -1.03. The molecule has 0 saturated carbocycles. The first kappa shape index (κ1) is 52.4. The largest absolute Gasteiger partial charge is 0.487 e. The highest BCUT2D eigenvalue weighted by atomic mass is 79.9. The van der Waals surface area contributed by atoms with Crippen LogP contribution in [0.3, 0.4) is 0 Å². The molecule has 4 aromatic rings. The van der Waals surface area contributed by atoms with Gasteiger partial charge in [0.05, 0.1) is 96.1 Å². The van der Waals surface area contributed by atoms with Crippen molar-refractivity contribution in [3.05, 3.63) is 121 Å². The van der Waals surface area contributed by atoms with Crippen molar-refractivity contribution in [3.63, 3.8) is 0 Å². The van der Waals surface area contributed by atoms with Gasteiger partial charge in [-0.1, -0.05) is 12.1 Å². The number of carbonyl (C=O) groups is 5. The lowest BCUT2D eigenvalue weighted by atomic mass is 10.0. The Hall–Kier alpha value is -5.94. The van der Waals surface area contributed by atoms with Crippen molar-refractivity contribution in [1.29, 1.82) is 0 Å². The van der Waals surface area contributed by atoms with Gasteiger partial charge in [0.15, 0.2) is 0 Å². The van der Waals surface area contributed by atoms with Gasteiger partial charge in [-0.05, 0) is 78.2 Å². The molecule has 370 valence electrons. The van der Waals surface area contributed by atoms with Gasteiger partial charge in [0.2, 0.25) is 11.8 Å². The van der Waals surface area contributed by atoms with Gasteiger partial charge in [0.1, 0.15) is 34.5 Å². The van der Waals surface area contributed by atoms with Crippen molar-refractivity contribution in [3.8, 4) is 11.4 Å². The Balaban J connectivity index is 0.743. The summed E-state index contributed by atoms with van der Waals surface area (Å²) in [6.45, 7) is 8.11. The molecule has 3 aromatic carbocycles. The first-order valence-corrected chi connectivity index (χ1v) is 23.1. The van der Waals surface area contributed by atoms with Gasteiger partial charge in [-0.2, -0.15) is 0 Å². The summed E-state index contributed by atoms with van der Waals surface area (Å²) in [5, 5.41) is 8.13. The summed E-state index contributed by atoms with van der Waals surface area (Å²) in [5.41, 5.74) is 2.65. The number of halogens is 3. The number of hydrogen-bond donors (Lipinski definition) is 3. The molecule has 1 saturated heterocycles. The molecule has 18 nitrogen and oxygen atoms in total. The Labute approximate surface area is 405 Å². The number of piperidine rings is 1. The maximum absolute atomic E-state index is 14.1. The summed E-state index contributed by atoms with van der Waals surface area (Å²) in [4.78, 5) is 77.5. The van der Waals surface area contributed by atoms with Crippen LogP contribution in [0.5, 0.6) is 5.75 Å². The predicted molar refractivity (Wildman–Crippen MR) is 249 cm³/mol. The van der Waals surface area contributed by atoms with Crippen molar-refractivity contribution in [2.45, 2.75) is 39.3 Å². The number of aromatic nitrogens is 1. The highest BCUT2D eigenvalue weighted by molar-refractivity contribution is 9.10. The molecule has 1 atom stereocenters. The summed E-state index contributed by atoms with van der Waals surface area (Å²) < 4.78 is 68.0.